The molecule has 0 saturated carbocycles. The predicted molar refractivity (Wildman–Crippen MR) is 187 cm³/mol. The molecule has 7 aromatic carbocycles. The van der Waals surface area contributed by atoms with Crippen LogP contribution in [0.4, 0.5) is 17.1 Å². The Morgan fingerprint density at radius 3 is 1.80 bits per heavy atom. The van der Waals surface area contributed by atoms with E-state index in [1.54, 1.807) is 0 Å². The molecule has 2 aromatic heterocycles. The number of anilines is 3. The van der Waals surface area contributed by atoms with Gasteiger partial charge in [-0.05, 0) is 65.2 Å². The van der Waals surface area contributed by atoms with Crippen molar-refractivity contribution in [1.82, 2.24) is 0 Å². The number of benzene rings is 7. The number of para-hydroxylation sites is 2. The van der Waals surface area contributed by atoms with E-state index in [9.17, 15) is 0 Å². The first-order valence-corrected chi connectivity index (χ1v) is 15.2. The minimum absolute atomic E-state index is 0.854. The van der Waals surface area contributed by atoms with Crippen molar-refractivity contribution in [3.8, 4) is 22.3 Å². The van der Waals surface area contributed by atoms with Gasteiger partial charge in [-0.2, -0.15) is 0 Å². The van der Waals surface area contributed by atoms with E-state index in [-0.39, 0.29) is 0 Å². The Balaban J connectivity index is 1.34. The van der Waals surface area contributed by atoms with Gasteiger partial charge >= 0.3 is 0 Å². The highest BCUT2D eigenvalue weighted by Gasteiger charge is 2.23. The van der Waals surface area contributed by atoms with Gasteiger partial charge in [-0.25, -0.2) is 0 Å². The lowest BCUT2D eigenvalue weighted by Gasteiger charge is -2.27. The van der Waals surface area contributed by atoms with Crippen molar-refractivity contribution in [2.45, 2.75) is 0 Å². The van der Waals surface area contributed by atoms with Crippen LogP contribution in [0.5, 0.6) is 0 Å². The number of nitrogens with zero attached hydrogens (tertiary/aromatic N) is 1. The predicted octanol–water partition coefficient (Wildman–Crippen LogP) is 12.3. The maximum Gasteiger partial charge on any atom is 0.145 e. The van der Waals surface area contributed by atoms with Crippen molar-refractivity contribution in [2.75, 3.05) is 4.90 Å². The van der Waals surface area contributed by atoms with Gasteiger partial charge in [0.2, 0.25) is 0 Å². The molecule has 0 atom stereocenters. The Kier molecular flexibility index (Phi) is 5.82. The van der Waals surface area contributed by atoms with E-state index in [2.05, 4.69) is 144 Å². The summed E-state index contributed by atoms with van der Waals surface area (Å²) in [4.78, 5) is 2.33. The number of hydrogen-bond acceptors (Lipinski definition) is 3. The number of fused-ring (bicyclic) bond motifs is 6. The van der Waals surface area contributed by atoms with Gasteiger partial charge in [-0.1, -0.05) is 109 Å². The second kappa shape index (κ2) is 10.3. The summed E-state index contributed by atoms with van der Waals surface area (Å²) in [6.45, 7) is 0. The monoisotopic (exact) mass is 577 g/mol. The second-order valence-corrected chi connectivity index (χ2v) is 11.3. The first-order chi connectivity index (χ1) is 22.3. The van der Waals surface area contributed by atoms with Crippen molar-refractivity contribution < 1.29 is 8.83 Å². The quantitative estimate of drug-likeness (QED) is 0.204. The Labute approximate surface area is 260 Å². The Bertz CT molecular complexity index is 2490. The first kappa shape index (κ1) is 25.4. The van der Waals surface area contributed by atoms with Crippen LogP contribution in [-0.4, -0.2) is 0 Å². The van der Waals surface area contributed by atoms with E-state index in [1.807, 2.05) is 24.3 Å². The van der Waals surface area contributed by atoms with Crippen LogP contribution in [0.1, 0.15) is 0 Å². The molecule has 2 heterocycles. The minimum Gasteiger partial charge on any atom is -0.456 e. The van der Waals surface area contributed by atoms with E-state index in [4.69, 9.17) is 8.83 Å². The number of rotatable bonds is 5. The van der Waals surface area contributed by atoms with Crippen LogP contribution in [0.25, 0.3) is 66.1 Å². The van der Waals surface area contributed by atoms with E-state index in [0.717, 1.165) is 77.6 Å². The van der Waals surface area contributed by atoms with E-state index in [0.29, 0.717) is 0 Å². The molecule has 3 heteroatoms. The molecule has 0 aliphatic heterocycles. The Morgan fingerprint density at radius 1 is 0.378 bits per heavy atom. The van der Waals surface area contributed by atoms with Gasteiger partial charge in [-0.3, -0.25) is 0 Å². The first-order valence-electron chi connectivity index (χ1n) is 15.2. The van der Waals surface area contributed by atoms with Crippen LogP contribution in [0, 0.1) is 0 Å². The molecule has 0 aliphatic carbocycles. The average Bonchev–Trinajstić information content (AvgIpc) is 3.68. The van der Waals surface area contributed by atoms with Gasteiger partial charge in [0, 0.05) is 39.2 Å². The van der Waals surface area contributed by atoms with Gasteiger partial charge in [-0.15, -0.1) is 0 Å². The second-order valence-electron chi connectivity index (χ2n) is 11.3. The molecule has 3 nitrogen and oxygen atoms in total. The molecule has 0 unspecified atom stereocenters. The van der Waals surface area contributed by atoms with Gasteiger partial charge in [0.1, 0.15) is 22.3 Å². The Hall–Kier alpha value is -6.06. The molecule has 212 valence electrons. The van der Waals surface area contributed by atoms with Crippen LogP contribution in [0.3, 0.4) is 0 Å². The van der Waals surface area contributed by atoms with Crippen LogP contribution < -0.4 is 4.90 Å². The lowest BCUT2D eigenvalue weighted by Crippen LogP contribution is -2.10. The third kappa shape index (κ3) is 4.21. The maximum atomic E-state index is 6.66. The summed E-state index contributed by atoms with van der Waals surface area (Å²) in [6.07, 6.45) is 0. The Morgan fingerprint density at radius 2 is 1.00 bits per heavy atom. The fourth-order valence-corrected chi connectivity index (χ4v) is 6.58. The van der Waals surface area contributed by atoms with E-state index >= 15 is 0 Å². The molecule has 0 N–H and O–H groups in total. The molecule has 0 fully saturated rings. The van der Waals surface area contributed by atoms with Crippen LogP contribution in [0.15, 0.2) is 173 Å². The largest absolute Gasteiger partial charge is 0.456 e. The zero-order valence-corrected chi connectivity index (χ0v) is 24.4. The molecule has 9 aromatic rings. The van der Waals surface area contributed by atoms with Crippen LogP contribution >= 0.6 is 0 Å². The third-order valence-electron chi connectivity index (χ3n) is 8.66. The molecule has 0 radical (unpaired) electrons. The standard InChI is InChI=1S/C42H27NO2/c1-3-12-28(13-4-1)30-16-11-17-31(26-30)43(32-22-23-35-34-18-7-9-20-38(34)44-40(35)27-32)37-25-24-33(29-14-5-2-6-15-29)42-41(37)36-19-8-10-21-39(36)45-42/h1-27H. The minimum atomic E-state index is 0.854. The SMILES string of the molecule is c1ccc(-c2cccc(N(c3ccc4c(c3)oc3ccccc34)c3ccc(-c4ccccc4)c4oc5ccccc5c34)c2)cc1. The zero-order chi connectivity index (χ0) is 29.7. The van der Waals surface area contributed by atoms with Crippen molar-refractivity contribution in [1.29, 1.82) is 0 Å². The molecule has 45 heavy (non-hydrogen) atoms. The van der Waals surface area contributed by atoms with Crippen LogP contribution in [-0.2, 0) is 0 Å². The molecule has 9 rings (SSSR count). The molecule has 0 aliphatic rings. The summed E-state index contributed by atoms with van der Waals surface area (Å²) in [7, 11) is 0. The lowest BCUT2D eigenvalue weighted by atomic mass is 9.99. The summed E-state index contributed by atoms with van der Waals surface area (Å²) in [5, 5.41) is 4.37. The topological polar surface area (TPSA) is 29.5 Å². The van der Waals surface area contributed by atoms with Gasteiger partial charge < -0.3 is 13.7 Å². The highest BCUT2D eigenvalue weighted by atomic mass is 16.3. The summed E-state index contributed by atoms with van der Waals surface area (Å²) in [5.74, 6) is 0. The van der Waals surface area contributed by atoms with Crippen molar-refractivity contribution in [2.24, 2.45) is 0 Å². The highest BCUT2D eigenvalue weighted by molar-refractivity contribution is 6.17. The van der Waals surface area contributed by atoms with Gasteiger partial charge in [0.05, 0.1) is 11.1 Å². The van der Waals surface area contributed by atoms with Crippen molar-refractivity contribution >= 4 is 60.9 Å². The summed E-state index contributed by atoms with van der Waals surface area (Å²) < 4.78 is 13.0. The van der Waals surface area contributed by atoms with E-state index < -0.39 is 0 Å². The lowest BCUT2D eigenvalue weighted by molar-refractivity contribution is 0.669. The van der Waals surface area contributed by atoms with Crippen molar-refractivity contribution in [3.63, 3.8) is 0 Å². The maximum absolute atomic E-state index is 6.66. The van der Waals surface area contributed by atoms with E-state index in [1.165, 1.54) is 5.56 Å². The smallest absolute Gasteiger partial charge is 0.145 e. The number of hydrogen-bond donors (Lipinski definition) is 0. The van der Waals surface area contributed by atoms with Crippen LogP contribution in [0.2, 0.25) is 0 Å². The summed E-state index contributed by atoms with van der Waals surface area (Å²) in [5.41, 5.74) is 11.1. The zero-order valence-electron chi connectivity index (χ0n) is 24.4. The number of furan rings is 2. The van der Waals surface area contributed by atoms with Crippen molar-refractivity contribution in [3.05, 3.63) is 164 Å². The molecule has 0 spiro atoms. The fourth-order valence-electron chi connectivity index (χ4n) is 6.58. The molecule has 0 bridgehead atoms. The fraction of sp³-hybridized carbons (Fsp3) is 0. The normalized spacial score (nSPS) is 11.6. The average molecular weight is 578 g/mol. The highest BCUT2D eigenvalue weighted by Crippen LogP contribution is 2.47. The summed E-state index contributed by atoms with van der Waals surface area (Å²) >= 11 is 0. The third-order valence-corrected chi connectivity index (χ3v) is 8.66. The molecule has 0 amide bonds. The van der Waals surface area contributed by atoms with Gasteiger partial charge in [0.15, 0.2) is 0 Å². The molecular formula is C42H27NO2. The summed E-state index contributed by atoms with van der Waals surface area (Å²) in [6, 6.07) is 57.2. The van der Waals surface area contributed by atoms with Gasteiger partial charge in [0.25, 0.3) is 0 Å². The molecule has 0 saturated heterocycles. The molecular weight excluding hydrogens is 550 g/mol.